The molecule has 5 nitrogen and oxygen atoms in total. The van der Waals surface area contributed by atoms with Gasteiger partial charge in [0.15, 0.2) is 0 Å². The first-order valence-electron chi connectivity index (χ1n) is 7.77. The van der Waals surface area contributed by atoms with Gasteiger partial charge in [0.2, 0.25) is 0 Å². The van der Waals surface area contributed by atoms with E-state index in [4.69, 9.17) is 0 Å². The SMILES string of the molecule is CN1CCN(c2ccc(NS(=O)(=O)c3ccccc3Br)cc2)CC1. The summed E-state index contributed by atoms with van der Waals surface area (Å²) in [6.45, 7) is 4.05. The summed E-state index contributed by atoms with van der Waals surface area (Å²) in [6, 6.07) is 14.3. The molecule has 3 rings (SSSR count). The molecule has 0 aromatic heterocycles. The molecular weight excluding hydrogens is 390 g/mol. The molecule has 7 heteroatoms. The maximum absolute atomic E-state index is 12.5. The molecule has 1 aliphatic heterocycles. The van der Waals surface area contributed by atoms with Crippen molar-refractivity contribution in [2.45, 2.75) is 4.90 Å². The third kappa shape index (κ3) is 3.91. The molecule has 1 saturated heterocycles. The van der Waals surface area contributed by atoms with E-state index in [0.717, 1.165) is 31.9 Å². The Labute approximate surface area is 151 Å². The highest BCUT2D eigenvalue weighted by molar-refractivity contribution is 9.10. The molecule has 0 amide bonds. The second kappa shape index (κ2) is 7.13. The van der Waals surface area contributed by atoms with Crippen LogP contribution in [-0.2, 0) is 10.0 Å². The van der Waals surface area contributed by atoms with E-state index in [2.05, 4.69) is 37.5 Å². The first kappa shape index (κ1) is 17.3. The smallest absolute Gasteiger partial charge is 0.263 e. The monoisotopic (exact) mass is 409 g/mol. The highest BCUT2D eigenvalue weighted by Gasteiger charge is 2.18. The van der Waals surface area contributed by atoms with Crippen molar-refractivity contribution in [3.63, 3.8) is 0 Å². The van der Waals surface area contributed by atoms with E-state index >= 15 is 0 Å². The summed E-state index contributed by atoms with van der Waals surface area (Å²) in [7, 11) is -1.48. The van der Waals surface area contributed by atoms with Crippen LogP contribution in [0.3, 0.4) is 0 Å². The Bertz CT molecular complexity index is 801. The predicted octanol–water partition coefficient (Wildman–Crippen LogP) is 3.00. The van der Waals surface area contributed by atoms with Gasteiger partial charge in [-0.3, -0.25) is 4.72 Å². The van der Waals surface area contributed by atoms with E-state index in [-0.39, 0.29) is 4.90 Å². The van der Waals surface area contributed by atoms with E-state index in [1.54, 1.807) is 24.3 Å². The number of benzene rings is 2. The van der Waals surface area contributed by atoms with Crippen molar-refractivity contribution < 1.29 is 8.42 Å². The van der Waals surface area contributed by atoms with Crippen molar-refractivity contribution >= 4 is 37.3 Å². The molecule has 24 heavy (non-hydrogen) atoms. The summed E-state index contributed by atoms with van der Waals surface area (Å²) in [6.07, 6.45) is 0. The molecule has 1 N–H and O–H groups in total. The van der Waals surface area contributed by atoms with E-state index in [9.17, 15) is 8.42 Å². The minimum Gasteiger partial charge on any atom is -0.369 e. The first-order chi connectivity index (χ1) is 11.5. The maximum atomic E-state index is 12.5. The minimum absolute atomic E-state index is 0.230. The Balaban J connectivity index is 1.73. The Morgan fingerprint density at radius 1 is 0.958 bits per heavy atom. The zero-order valence-corrected chi connectivity index (χ0v) is 15.8. The van der Waals surface area contributed by atoms with Crippen molar-refractivity contribution in [3.8, 4) is 0 Å². The van der Waals surface area contributed by atoms with Gasteiger partial charge >= 0.3 is 0 Å². The van der Waals surface area contributed by atoms with Crippen LogP contribution < -0.4 is 9.62 Å². The number of halogens is 1. The average Bonchev–Trinajstić information content (AvgIpc) is 2.56. The fourth-order valence-corrected chi connectivity index (χ4v) is 4.74. The maximum Gasteiger partial charge on any atom is 0.263 e. The molecule has 0 atom stereocenters. The summed E-state index contributed by atoms with van der Waals surface area (Å²) >= 11 is 3.28. The van der Waals surface area contributed by atoms with Gasteiger partial charge in [0, 0.05) is 42.0 Å². The molecule has 2 aromatic carbocycles. The molecule has 128 valence electrons. The van der Waals surface area contributed by atoms with E-state index in [1.807, 2.05) is 24.3 Å². The number of rotatable bonds is 4. The van der Waals surface area contributed by atoms with E-state index in [1.165, 1.54) is 0 Å². The van der Waals surface area contributed by atoms with Crippen molar-refractivity contribution in [2.24, 2.45) is 0 Å². The Kier molecular flexibility index (Phi) is 5.12. The number of nitrogens with zero attached hydrogens (tertiary/aromatic N) is 2. The molecule has 0 aliphatic carbocycles. The molecule has 0 saturated carbocycles. The van der Waals surface area contributed by atoms with Crippen LogP contribution in [0.5, 0.6) is 0 Å². The molecule has 0 unspecified atom stereocenters. The van der Waals surface area contributed by atoms with Crippen LogP contribution >= 0.6 is 15.9 Å². The zero-order valence-electron chi connectivity index (χ0n) is 13.4. The third-order valence-corrected chi connectivity index (χ3v) is 6.51. The zero-order chi connectivity index (χ0) is 17.2. The lowest BCUT2D eigenvalue weighted by Crippen LogP contribution is -2.44. The normalized spacial score (nSPS) is 16.2. The molecule has 1 aliphatic rings. The number of anilines is 2. The van der Waals surface area contributed by atoms with Gasteiger partial charge in [0.05, 0.1) is 0 Å². The summed E-state index contributed by atoms with van der Waals surface area (Å²) in [5.41, 5.74) is 1.68. The second-order valence-corrected chi connectivity index (χ2v) is 8.38. The largest absolute Gasteiger partial charge is 0.369 e. The summed E-state index contributed by atoms with van der Waals surface area (Å²) in [5.74, 6) is 0. The van der Waals surface area contributed by atoms with Crippen molar-refractivity contribution in [2.75, 3.05) is 42.8 Å². The van der Waals surface area contributed by atoms with E-state index in [0.29, 0.717) is 10.2 Å². The first-order valence-corrected chi connectivity index (χ1v) is 10.0. The van der Waals surface area contributed by atoms with Gasteiger partial charge in [-0.2, -0.15) is 0 Å². The molecule has 0 spiro atoms. The lowest BCUT2D eigenvalue weighted by Gasteiger charge is -2.34. The Hall–Kier alpha value is -1.57. The van der Waals surface area contributed by atoms with Gasteiger partial charge in [0.25, 0.3) is 10.0 Å². The number of likely N-dealkylation sites (N-methyl/N-ethyl adjacent to an activating group) is 1. The quantitative estimate of drug-likeness (QED) is 0.842. The van der Waals surface area contributed by atoms with Crippen molar-refractivity contribution in [3.05, 3.63) is 53.0 Å². The Morgan fingerprint density at radius 3 is 2.21 bits per heavy atom. The van der Waals surface area contributed by atoms with Crippen LogP contribution in [0.2, 0.25) is 0 Å². The molecular formula is C17H20BrN3O2S. The van der Waals surface area contributed by atoms with Gasteiger partial charge in [-0.15, -0.1) is 0 Å². The van der Waals surface area contributed by atoms with Crippen LogP contribution in [0.1, 0.15) is 0 Å². The van der Waals surface area contributed by atoms with Crippen LogP contribution in [-0.4, -0.2) is 46.5 Å². The summed E-state index contributed by atoms with van der Waals surface area (Å²) in [4.78, 5) is 4.84. The lowest BCUT2D eigenvalue weighted by molar-refractivity contribution is 0.313. The van der Waals surface area contributed by atoms with Crippen LogP contribution in [0.15, 0.2) is 57.9 Å². The number of piperazine rings is 1. The fourth-order valence-electron chi connectivity index (χ4n) is 2.68. The number of nitrogens with one attached hydrogen (secondary N) is 1. The van der Waals surface area contributed by atoms with Gasteiger partial charge in [-0.05, 0) is 59.4 Å². The number of sulfonamides is 1. The van der Waals surface area contributed by atoms with Crippen molar-refractivity contribution in [1.82, 2.24) is 4.90 Å². The minimum atomic E-state index is -3.61. The summed E-state index contributed by atoms with van der Waals surface area (Å²) in [5, 5.41) is 0. The molecule has 1 heterocycles. The Morgan fingerprint density at radius 2 is 1.58 bits per heavy atom. The molecule has 2 aromatic rings. The number of hydrogen-bond acceptors (Lipinski definition) is 4. The molecule has 0 radical (unpaired) electrons. The predicted molar refractivity (Wildman–Crippen MR) is 101 cm³/mol. The van der Waals surface area contributed by atoms with Gasteiger partial charge in [0.1, 0.15) is 4.90 Å². The standard InChI is InChI=1S/C17H20BrN3O2S/c1-20-10-12-21(13-11-20)15-8-6-14(7-9-15)19-24(22,23)17-5-3-2-4-16(17)18/h2-9,19H,10-13H2,1H3. The molecule has 0 bridgehead atoms. The second-order valence-electron chi connectivity index (χ2n) is 5.87. The van der Waals surface area contributed by atoms with Crippen LogP contribution in [0.25, 0.3) is 0 Å². The van der Waals surface area contributed by atoms with E-state index < -0.39 is 10.0 Å². The topological polar surface area (TPSA) is 52.6 Å². The lowest BCUT2D eigenvalue weighted by atomic mass is 10.2. The van der Waals surface area contributed by atoms with Gasteiger partial charge < -0.3 is 9.80 Å². The van der Waals surface area contributed by atoms with Gasteiger partial charge in [-0.25, -0.2) is 8.42 Å². The third-order valence-electron chi connectivity index (χ3n) is 4.11. The van der Waals surface area contributed by atoms with Crippen molar-refractivity contribution in [1.29, 1.82) is 0 Å². The number of hydrogen-bond donors (Lipinski definition) is 1. The summed E-state index contributed by atoms with van der Waals surface area (Å²) < 4.78 is 28.2. The van der Waals surface area contributed by atoms with Crippen LogP contribution in [0.4, 0.5) is 11.4 Å². The average molecular weight is 410 g/mol. The fraction of sp³-hybridized carbons (Fsp3) is 0.294. The highest BCUT2D eigenvalue weighted by Crippen LogP contribution is 2.25. The van der Waals surface area contributed by atoms with Crippen LogP contribution in [0, 0.1) is 0 Å². The molecule has 1 fully saturated rings. The van der Waals surface area contributed by atoms with Gasteiger partial charge in [-0.1, -0.05) is 12.1 Å². The highest BCUT2D eigenvalue weighted by atomic mass is 79.9.